The van der Waals surface area contributed by atoms with Gasteiger partial charge in [-0.25, -0.2) is 4.79 Å². The molecule has 8 heteroatoms. The van der Waals surface area contributed by atoms with Crippen LogP contribution in [0.5, 0.6) is 5.75 Å². The van der Waals surface area contributed by atoms with Gasteiger partial charge in [0.1, 0.15) is 0 Å². The van der Waals surface area contributed by atoms with Crippen LogP contribution in [-0.4, -0.2) is 36.6 Å². The summed E-state index contributed by atoms with van der Waals surface area (Å²) in [6.45, 7) is 1.95. The van der Waals surface area contributed by atoms with E-state index in [0.717, 1.165) is 25.3 Å². The second-order valence-corrected chi connectivity index (χ2v) is 6.34. The van der Waals surface area contributed by atoms with E-state index in [-0.39, 0.29) is 17.0 Å². The van der Waals surface area contributed by atoms with Crippen LogP contribution in [0.1, 0.15) is 49.4 Å². The number of nitro benzene ring substituents is 1. The lowest BCUT2D eigenvalue weighted by molar-refractivity contribution is -0.385. The maximum absolute atomic E-state index is 12.2. The van der Waals surface area contributed by atoms with Gasteiger partial charge >= 0.3 is 11.7 Å². The highest BCUT2D eigenvalue weighted by atomic mass is 16.6. The largest absolute Gasteiger partial charge is 0.490 e. The molecule has 0 spiro atoms. The number of benzene rings is 1. The molecule has 1 amide bonds. The SMILES string of the molecule is COc1ccc(C(=O)O[C@@H](C)C(=O)NCCC2=CCCCC2)cc1[N+](=O)[O-]. The highest BCUT2D eigenvalue weighted by molar-refractivity contribution is 5.93. The Morgan fingerprint density at radius 1 is 1.33 bits per heavy atom. The molecule has 0 bridgehead atoms. The predicted octanol–water partition coefficient (Wildman–Crippen LogP) is 3.16. The van der Waals surface area contributed by atoms with E-state index in [1.807, 2.05) is 0 Å². The number of amides is 1. The molecule has 0 saturated carbocycles. The summed E-state index contributed by atoms with van der Waals surface area (Å²) in [6, 6.07) is 3.74. The fourth-order valence-corrected chi connectivity index (χ4v) is 2.86. The minimum Gasteiger partial charge on any atom is -0.490 e. The number of methoxy groups -OCH3 is 1. The molecule has 1 aromatic carbocycles. The second kappa shape index (κ2) is 9.70. The van der Waals surface area contributed by atoms with Crippen LogP contribution in [0.15, 0.2) is 29.8 Å². The van der Waals surface area contributed by atoms with Gasteiger partial charge in [0.2, 0.25) is 0 Å². The number of nitrogens with zero attached hydrogens (tertiary/aromatic N) is 1. The van der Waals surface area contributed by atoms with Crippen molar-refractivity contribution in [2.45, 2.75) is 45.1 Å². The first-order valence-electron chi connectivity index (χ1n) is 8.91. The molecule has 0 heterocycles. The molecule has 0 fully saturated rings. The maximum Gasteiger partial charge on any atom is 0.339 e. The Balaban J connectivity index is 1.88. The molecule has 1 aliphatic rings. The molecular formula is C19H24N2O6. The summed E-state index contributed by atoms with van der Waals surface area (Å²) in [5.41, 5.74) is 0.982. The van der Waals surface area contributed by atoms with Gasteiger partial charge in [-0.05, 0) is 51.2 Å². The third-order valence-corrected chi connectivity index (χ3v) is 4.39. The van der Waals surface area contributed by atoms with E-state index >= 15 is 0 Å². The van der Waals surface area contributed by atoms with Gasteiger partial charge in [-0.1, -0.05) is 11.6 Å². The third kappa shape index (κ3) is 5.80. The first-order valence-corrected chi connectivity index (χ1v) is 8.91. The van der Waals surface area contributed by atoms with E-state index in [1.165, 1.54) is 44.6 Å². The Bertz CT molecular complexity index is 744. The Morgan fingerprint density at radius 2 is 2.11 bits per heavy atom. The molecule has 1 aliphatic carbocycles. The number of ether oxygens (including phenoxy) is 2. The normalized spacial score (nSPS) is 14.7. The highest BCUT2D eigenvalue weighted by Gasteiger charge is 2.22. The number of rotatable bonds is 8. The Kier molecular flexibility index (Phi) is 7.34. The summed E-state index contributed by atoms with van der Waals surface area (Å²) in [4.78, 5) is 34.7. The molecular weight excluding hydrogens is 352 g/mol. The molecule has 2 rings (SSSR count). The van der Waals surface area contributed by atoms with E-state index in [9.17, 15) is 19.7 Å². The van der Waals surface area contributed by atoms with Crippen LogP contribution in [0, 0.1) is 10.1 Å². The van der Waals surface area contributed by atoms with Crippen molar-refractivity contribution in [1.29, 1.82) is 0 Å². The average Bonchev–Trinajstić information content (AvgIpc) is 2.67. The lowest BCUT2D eigenvalue weighted by Crippen LogP contribution is -2.36. The van der Waals surface area contributed by atoms with Crippen LogP contribution in [0.4, 0.5) is 5.69 Å². The molecule has 0 saturated heterocycles. The van der Waals surface area contributed by atoms with Gasteiger partial charge < -0.3 is 14.8 Å². The molecule has 0 unspecified atom stereocenters. The van der Waals surface area contributed by atoms with Crippen LogP contribution in [0.2, 0.25) is 0 Å². The molecule has 0 aliphatic heterocycles. The van der Waals surface area contributed by atoms with E-state index in [1.54, 1.807) is 0 Å². The van der Waals surface area contributed by atoms with Crippen molar-refractivity contribution in [1.82, 2.24) is 5.32 Å². The molecule has 0 aromatic heterocycles. The monoisotopic (exact) mass is 376 g/mol. The van der Waals surface area contributed by atoms with Gasteiger partial charge in [0, 0.05) is 12.6 Å². The Labute approximate surface area is 157 Å². The molecule has 27 heavy (non-hydrogen) atoms. The van der Waals surface area contributed by atoms with Crippen molar-refractivity contribution >= 4 is 17.6 Å². The summed E-state index contributed by atoms with van der Waals surface area (Å²) in [5.74, 6) is -1.17. The number of hydrogen-bond donors (Lipinski definition) is 1. The molecule has 0 radical (unpaired) electrons. The van der Waals surface area contributed by atoms with E-state index in [2.05, 4.69) is 11.4 Å². The summed E-state index contributed by atoms with van der Waals surface area (Å²) in [7, 11) is 1.30. The van der Waals surface area contributed by atoms with Crippen LogP contribution < -0.4 is 10.1 Å². The molecule has 146 valence electrons. The Hall–Kier alpha value is -2.90. The summed E-state index contributed by atoms with van der Waals surface area (Å²) in [6.07, 6.45) is 6.56. The fourth-order valence-electron chi connectivity index (χ4n) is 2.86. The first kappa shape index (κ1) is 20.4. The molecule has 1 aromatic rings. The summed E-state index contributed by atoms with van der Waals surface area (Å²) >= 11 is 0. The third-order valence-electron chi connectivity index (χ3n) is 4.39. The van der Waals surface area contributed by atoms with E-state index < -0.39 is 22.9 Å². The number of nitrogens with one attached hydrogen (secondary N) is 1. The number of esters is 1. The molecule has 1 N–H and O–H groups in total. The van der Waals surface area contributed by atoms with Gasteiger partial charge in [0.05, 0.1) is 17.6 Å². The van der Waals surface area contributed by atoms with Crippen molar-refractivity contribution in [3.63, 3.8) is 0 Å². The number of nitro groups is 1. The first-order chi connectivity index (χ1) is 12.9. The topological polar surface area (TPSA) is 108 Å². The minimum absolute atomic E-state index is 0.0190. The van der Waals surface area contributed by atoms with Crippen LogP contribution in [0.25, 0.3) is 0 Å². The van der Waals surface area contributed by atoms with Crippen molar-refractivity contribution in [2.24, 2.45) is 0 Å². The average molecular weight is 376 g/mol. The van der Waals surface area contributed by atoms with Gasteiger partial charge in [-0.15, -0.1) is 0 Å². The van der Waals surface area contributed by atoms with Crippen LogP contribution >= 0.6 is 0 Å². The second-order valence-electron chi connectivity index (χ2n) is 6.34. The number of carbonyl (C=O) groups is 2. The van der Waals surface area contributed by atoms with Crippen LogP contribution in [-0.2, 0) is 9.53 Å². The zero-order valence-corrected chi connectivity index (χ0v) is 15.5. The zero-order chi connectivity index (χ0) is 19.8. The van der Waals surface area contributed by atoms with Gasteiger partial charge in [0.15, 0.2) is 11.9 Å². The van der Waals surface area contributed by atoms with E-state index in [4.69, 9.17) is 9.47 Å². The maximum atomic E-state index is 12.2. The smallest absolute Gasteiger partial charge is 0.339 e. The minimum atomic E-state index is -1.00. The number of carbonyl (C=O) groups excluding carboxylic acids is 2. The molecule has 1 atom stereocenters. The van der Waals surface area contributed by atoms with E-state index in [0.29, 0.717) is 6.54 Å². The Morgan fingerprint density at radius 3 is 2.74 bits per heavy atom. The lowest BCUT2D eigenvalue weighted by atomic mass is 9.97. The standard InChI is InChI=1S/C19H24N2O6/c1-13(18(22)20-11-10-14-6-4-3-5-7-14)27-19(23)15-8-9-17(26-2)16(12-15)21(24)25/h6,8-9,12-13H,3-5,7,10-11H2,1-2H3,(H,20,22)/t13-/m0/s1. The lowest BCUT2D eigenvalue weighted by Gasteiger charge is -2.15. The van der Waals surface area contributed by atoms with Gasteiger partial charge in [-0.3, -0.25) is 14.9 Å². The summed E-state index contributed by atoms with van der Waals surface area (Å²) in [5, 5.41) is 13.8. The quantitative estimate of drug-likeness (QED) is 0.323. The van der Waals surface area contributed by atoms with Crippen molar-refractivity contribution < 1.29 is 24.0 Å². The highest BCUT2D eigenvalue weighted by Crippen LogP contribution is 2.28. The summed E-state index contributed by atoms with van der Waals surface area (Å²) < 4.78 is 10.0. The fraction of sp³-hybridized carbons (Fsp3) is 0.474. The van der Waals surface area contributed by atoms with Crippen molar-refractivity contribution in [3.8, 4) is 5.75 Å². The predicted molar refractivity (Wildman–Crippen MR) is 98.7 cm³/mol. The number of hydrogen-bond acceptors (Lipinski definition) is 6. The molecule has 8 nitrogen and oxygen atoms in total. The number of allylic oxidation sites excluding steroid dienone is 1. The van der Waals surface area contributed by atoms with Crippen molar-refractivity contribution in [3.05, 3.63) is 45.5 Å². The zero-order valence-electron chi connectivity index (χ0n) is 15.5. The van der Waals surface area contributed by atoms with Crippen molar-refractivity contribution in [2.75, 3.05) is 13.7 Å². The van der Waals surface area contributed by atoms with Gasteiger partial charge in [-0.2, -0.15) is 0 Å². The van der Waals surface area contributed by atoms with Crippen LogP contribution in [0.3, 0.4) is 0 Å². The van der Waals surface area contributed by atoms with Gasteiger partial charge in [0.25, 0.3) is 5.91 Å².